The zero-order valence-electron chi connectivity index (χ0n) is 12.4. The van der Waals surface area contributed by atoms with E-state index in [-0.39, 0.29) is 12.6 Å². The molecule has 0 aromatic heterocycles. The van der Waals surface area contributed by atoms with E-state index in [0.717, 1.165) is 5.56 Å². The minimum atomic E-state index is -0.224. The Morgan fingerprint density at radius 3 is 2.83 bits per heavy atom. The molecule has 3 rings (SSSR count). The smallest absolute Gasteiger partial charge is 0.231 e. The summed E-state index contributed by atoms with van der Waals surface area (Å²) in [6.07, 6.45) is 3.15. The molecule has 1 heterocycles. The van der Waals surface area contributed by atoms with E-state index in [0.29, 0.717) is 28.6 Å². The highest BCUT2D eigenvalue weighted by Crippen LogP contribution is 2.33. The molecule has 0 atom stereocenters. The van der Waals surface area contributed by atoms with Gasteiger partial charge in [-0.15, -0.1) is 0 Å². The van der Waals surface area contributed by atoms with Crippen LogP contribution >= 0.6 is 0 Å². The van der Waals surface area contributed by atoms with Crippen molar-refractivity contribution < 1.29 is 23.8 Å². The predicted octanol–water partition coefficient (Wildman–Crippen LogP) is 2.57. The van der Waals surface area contributed by atoms with Gasteiger partial charge in [0.05, 0.1) is 12.7 Å². The number of methoxy groups -OCH3 is 1. The molecule has 0 saturated heterocycles. The monoisotopic (exact) mass is 313 g/mol. The third-order valence-electron chi connectivity index (χ3n) is 3.40. The summed E-state index contributed by atoms with van der Waals surface area (Å²) in [5.74, 6) is 6.92. The standard InChI is InChI=1S/C17H15NO5/c1-20-17-12(3-2-4-15(17)23-18)13(19)7-5-11-6-8-14-16(9-11)22-10-21-14/h2-9H,10,18H2,1H3/b7-5+. The molecule has 0 spiro atoms. The SMILES string of the molecule is COc1c(ON)cccc1C(=O)/C=C/c1ccc2c(c1)OCO2. The Hall–Kier alpha value is -2.99. The van der Waals surface area contributed by atoms with Gasteiger partial charge in [0, 0.05) is 0 Å². The lowest BCUT2D eigenvalue weighted by molar-refractivity contribution is 0.104. The first kappa shape index (κ1) is 14.9. The molecule has 0 bridgehead atoms. The van der Waals surface area contributed by atoms with Crippen LogP contribution in [0.5, 0.6) is 23.0 Å². The first-order chi connectivity index (χ1) is 11.2. The minimum Gasteiger partial charge on any atom is -0.492 e. The maximum absolute atomic E-state index is 12.4. The van der Waals surface area contributed by atoms with Crippen LogP contribution in [-0.4, -0.2) is 19.7 Å². The largest absolute Gasteiger partial charge is 0.492 e. The van der Waals surface area contributed by atoms with Gasteiger partial charge >= 0.3 is 0 Å². The molecule has 1 aliphatic rings. The molecule has 6 nitrogen and oxygen atoms in total. The van der Waals surface area contributed by atoms with Gasteiger partial charge in [0.25, 0.3) is 0 Å². The van der Waals surface area contributed by atoms with Gasteiger partial charge in [-0.3, -0.25) is 4.79 Å². The number of para-hydroxylation sites is 1. The normalized spacial score (nSPS) is 12.4. The molecule has 0 amide bonds. The van der Waals surface area contributed by atoms with Crippen molar-refractivity contribution in [3.63, 3.8) is 0 Å². The van der Waals surface area contributed by atoms with E-state index in [1.54, 1.807) is 30.3 Å². The molecular weight excluding hydrogens is 298 g/mol. The zero-order valence-corrected chi connectivity index (χ0v) is 12.4. The lowest BCUT2D eigenvalue weighted by Gasteiger charge is -2.09. The average Bonchev–Trinajstić information content (AvgIpc) is 3.06. The molecule has 118 valence electrons. The number of ketones is 1. The summed E-state index contributed by atoms with van der Waals surface area (Å²) in [6.45, 7) is 0.213. The van der Waals surface area contributed by atoms with Crippen LogP contribution in [0.15, 0.2) is 42.5 Å². The molecule has 2 N–H and O–H groups in total. The number of rotatable bonds is 5. The molecule has 23 heavy (non-hydrogen) atoms. The molecule has 1 aliphatic heterocycles. The molecule has 6 heteroatoms. The number of benzene rings is 2. The van der Waals surface area contributed by atoms with Crippen LogP contribution in [0.25, 0.3) is 6.08 Å². The van der Waals surface area contributed by atoms with Gasteiger partial charge in [-0.2, -0.15) is 5.90 Å². The molecule has 0 aliphatic carbocycles. The highest BCUT2D eigenvalue weighted by molar-refractivity contribution is 6.09. The maximum Gasteiger partial charge on any atom is 0.231 e. The topological polar surface area (TPSA) is 80.0 Å². The first-order valence-electron chi connectivity index (χ1n) is 6.88. The van der Waals surface area contributed by atoms with Crippen molar-refractivity contribution in [2.24, 2.45) is 5.90 Å². The van der Waals surface area contributed by atoms with Crippen molar-refractivity contribution in [3.05, 3.63) is 53.6 Å². The fourth-order valence-corrected chi connectivity index (χ4v) is 2.29. The fraction of sp³-hybridized carbons (Fsp3) is 0.118. The number of carbonyl (C=O) groups excluding carboxylic acids is 1. The van der Waals surface area contributed by atoms with E-state index in [1.165, 1.54) is 13.2 Å². The zero-order chi connectivity index (χ0) is 16.2. The lowest BCUT2D eigenvalue weighted by atomic mass is 10.1. The van der Waals surface area contributed by atoms with E-state index < -0.39 is 0 Å². The second-order valence-corrected chi connectivity index (χ2v) is 4.77. The van der Waals surface area contributed by atoms with Crippen LogP contribution in [0.4, 0.5) is 0 Å². The van der Waals surface area contributed by atoms with Crippen LogP contribution in [0.2, 0.25) is 0 Å². The molecular formula is C17H15NO5. The summed E-state index contributed by atoms with van der Waals surface area (Å²) in [5, 5.41) is 0. The number of ether oxygens (including phenoxy) is 3. The predicted molar refractivity (Wildman–Crippen MR) is 83.7 cm³/mol. The number of hydrogen-bond donors (Lipinski definition) is 1. The Labute approximate surface area is 133 Å². The van der Waals surface area contributed by atoms with E-state index in [9.17, 15) is 4.79 Å². The fourth-order valence-electron chi connectivity index (χ4n) is 2.29. The van der Waals surface area contributed by atoms with Crippen molar-refractivity contribution in [1.82, 2.24) is 0 Å². The van der Waals surface area contributed by atoms with E-state index in [2.05, 4.69) is 0 Å². The van der Waals surface area contributed by atoms with Crippen LogP contribution in [-0.2, 0) is 0 Å². The highest BCUT2D eigenvalue weighted by atomic mass is 16.7. The van der Waals surface area contributed by atoms with Crippen LogP contribution in [0.3, 0.4) is 0 Å². The second-order valence-electron chi connectivity index (χ2n) is 4.77. The Kier molecular flexibility index (Phi) is 4.16. The summed E-state index contributed by atoms with van der Waals surface area (Å²) in [5.41, 5.74) is 1.19. The van der Waals surface area contributed by atoms with Gasteiger partial charge < -0.3 is 19.0 Å². The van der Waals surface area contributed by atoms with Gasteiger partial charge in [0.1, 0.15) is 0 Å². The molecule has 0 unspecified atom stereocenters. The van der Waals surface area contributed by atoms with Crippen LogP contribution in [0, 0.1) is 0 Å². The van der Waals surface area contributed by atoms with E-state index in [1.807, 2.05) is 12.1 Å². The van der Waals surface area contributed by atoms with Crippen molar-refractivity contribution >= 4 is 11.9 Å². The van der Waals surface area contributed by atoms with E-state index >= 15 is 0 Å². The molecule has 0 radical (unpaired) electrons. The maximum atomic E-state index is 12.4. The quantitative estimate of drug-likeness (QED) is 0.519. The average molecular weight is 313 g/mol. The second kappa shape index (κ2) is 6.41. The number of allylic oxidation sites excluding steroid dienone is 1. The van der Waals surface area contributed by atoms with Gasteiger partial charge in [-0.25, -0.2) is 0 Å². The van der Waals surface area contributed by atoms with Gasteiger partial charge in [-0.05, 0) is 35.9 Å². The number of hydrogen-bond acceptors (Lipinski definition) is 6. The number of fused-ring (bicyclic) bond motifs is 1. The summed E-state index contributed by atoms with van der Waals surface area (Å²) in [6, 6.07) is 10.4. The van der Waals surface area contributed by atoms with Gasteiger partial charge in [-0.1, -0.05) is 18.2 Å². The van der Waals surface area contributed by atoms with Crippen LogP contribution < -0.4 is 24.9 Å². The Balaban J connectivity index is 1.84. The molecule has 0 fully saturated rings. The molecule has 2 aromatic carbocycles. The Morgan fingerprint density at radius 2 is 2.04 bits per heavy atom. The highest BCUT2D eigenvalue weighted by Gasteiger charge is 2.15. The molecule has 2 aromatic rings. The van der Waals surface area contributed by atoms with Gasteiger partial charge in [0.15, 0.2) is 28.8 Å². The third-order valence-corrected chi connectivity index (χ3v) is 3.40. The lowest BCUT2D eigenvalue weighted by Crippen LogP contribution is -2.06. The van der Waals surface area contributed by atoms with Crippen molar-refractivity contribution in [2.75, 3.05) is 13.9 Å². The summed E-state index contributed by atoms with van der Waals surface area (Å²) >= 11 is 0. The summed E-state index contributed by atoms with van der Waals surface area (Å²) in [7, 11) is 1.45. The molecule has 0 saturated carbocycles. The third kappa shape index (κ3) is 2.97. The first-order valence-corrected chi connectivity index (χ1v) is 6.88. The number of nitrogens with two attached hydrogens (primary N) is 1. The minimum absolute atomic E-state index is 0.213. The Morgan fingerprint density at radius 1 is 1.22 bits per heavy atom. The number of carbonyl (C=O) groups is 1. The van der Waals surface area contributed by atoms with Crippen LogP contribution in [0.1, 0.15) is 15.9 Å². The van der Waals surface area contributed by atoms with Crippen molar-refractivity contribution in [3.8, 4) is 23.0 Å². The van der Waals surface area contributed by atoms with E-state index in [4.69, 9.17) is 24.9 Å². The van der Waals surface area contributed by atoms with Crippen molar-refractivity contribution in [1.29, 1.82) is 0 Å². The Bertz CT molecular complexity index is 770. The summed E-state index contributed by atoms with van der Waals surface area (Å²) < 4.78 is 15.8. The van der Waals surface area contributed by atoms with Gasteiger partial charge in [0.2, 0.25) is 6.79 Å². The van der Waals surface area contributed by atoms with Crippen molar-refractivity contribution in [2.45, 2.75) is 0 Å². The summed E-state index contributed by atoms with van der Waals surface area (Å²) in [4.78, 5) is 17.1.